The van der Waals surface area contributed by atoms with Crippen LogP contribution in [0.1, 0.15) is 130 Å². The molecule has 0 saturated carbocycles. The third-order valence-corrected chi connectivity index (χ3v) is 18.5. The Kier molecular flexibility index (Phi) is 10.7. The quantitative estimate of drug-likeness (QED) is 0.129. The molecule has 0 unspecified atom stereocenters. The lowest BCUT2D eigenvalue weighted by molar-refractivity contribution is 0.568. The first kappa shape index (κ1) is 50.4. The second-order valence-corrected chi connectivity index (χ2v) is 28.3. The average Bonchev–Trinajstić information content (AvgIpc) is 3.82. The van der Waals surface area contributed by atoms with Gasteiger partial charge in [-0.05, 0) is 191 Å². The van der Waals surface area contributed by atoms with Crippen LogP contribution in [-0.2, 0) is 27.1 Å². The van der Waals surface area contributed by atoms with Crippen molar-refractivity contribution in [3.63, 3.8) is 0 Å². The van der Waals surface area contributed by atoms with E-state index < -0.39 is 0 Å². The molecule has 2 aliphatic heterocycles. The molecule has 3 heteroatoms. The van der Waals surface area contributed by atoms with Gasteiger partial charge in [-0.3, -0.25) is 0 Å². The van der Waals surface area contributed by atoms with Crippen LogP contribution in [0.2, 0.25) is 0 Å². The van der Waals surface area contributed by atoms with Crippen molar-refractivity contribution in [2.75, 3.05) is 9.80 Å². The van der Waals surface area contributed by atoms with Crippen LogP contribution in [0.3, 0.4) is 0 Å². The first-order valence-electron chi connectivity index (χ1n) is 29.2. The molecule has 14 rings (SSSR count). The molecule has 3 aliphatic rings. The van der Waals surface area contributed by atoms with Crippen molar-refractivity contribution in [1.82, 2.24) is 0 Å². The van der Waals surface area contributed by atoms with Crippen molar-refractivity contribution in [3.8, 4) is 22.3 Å². The minimum Gasteiger partial charge on any atom is -0.311 e. The monoisotopic (exact) mass is 1040 g/mol. The van der Waals surface area contributed by atoms with Crippen molar-refractivity contribution < 1.29 is 0 Å². The van der Waals surface area contributed by atoms with Crippen molar-refractivity contribution in [2.45, 2.75) is 124 Å². The molecule has 0 N–H and O–H groups in total. The van der Waals surface area contributed by atoms with E-state index in [-0.39, 0.29) is 33.8 Å². The highest BCUT2D eigenvalue weighted by Crippen LogP contribution is 2.53. The Morgan fingerprint density at radius 2 is 0.738 bits per heavy atom. The van der Waals surface area contributed by atoms with Gasteiger partial charge in [0.1, 0.15) is 0 Å². The fourth-order valence-corrected chi connectivity index (χ4v) is 13.8. The van der Waals surface area contributed by atoms with Crippen molar-refractivity contribution in [1.29, 1.82) is 0 Å². The van der Waals surface area contributed by atoms with E-state index in [1.54, 1.807) is 0 Å². The second-order valence-electron chi connectivity index (χ2n) is 28.3. The Hall–Kier alpha value is -7.88. The van der Waals surface area contributed by atoms with Gasteiger partial charge < -0.3 is 9.80 Å². The molecular formula is C77H73BN2. The van der Waals surface area contributed by atoms with Crippen LogP contribution < -0.4 is 26.2 Å². The molecular weight excluding hydrogens is 964 g/mol. The van der Waals surface area contributed by atoms with E-state index in [4.69, 9.17) is 0 Å². The van der Waals surface area contributed by atoms with E-state index in [1.165, 1.54) is 149 Å². The van der Waals surface area contributed by atoms with Crippen LogP contribution in [0.15, 0.2) is 188 Å². The summed E-state index contributed by atoms with van der Waals surface area (Å²) in [5.74, 6) is 0. The largest absolute Gasteiger partial charge is 0.311 e. The standard InChI is InChI=1S/C77H73BN2/c1-73(2,3)52-38-53(74(4,5)6)41-56(40-52)79-68-44-61-49(29-27-46-21-15-17-23-58(46)61)34-66(68)78-67-35-50-30-28-47-22-16-18-24-59(47)62(50)45-69(67)80(57-42-54(75(7,8)9)39-55(43-57)76(10,11)12)71-37-51(36-70(79)72(71)78)48-31-32-65-63(33-48)60-25-19-20-26-64(60)77(65,13)14/h15-45H,1-14H3. The number of hydrogen-bond acceptors (Lipinski definition) is 2. The van der Waals surface area contributed by atoms with Gasteiger partial charge in [0.2, 0.25) is 0 Å². The lowest BCUT2D eigenvalue weighted by Gasteiger charge is -2.45. The van der Waals surface area contributed by atoms with Gasteiger partial charge in [0, 0.05) is 39.5 Å². The molecule has 11 aromatic carbocycles. The van der Waals surface area contributed by atoms with Crippen LogP contribution in [0.4, 0.5) is 34.1 Å². The van der Waals surface area contributed by atoms with E-state index in [0.717, 1.165) is 0 Å². The summed E-state index contributed by atoms with van der Waals surface area (Å²) in [4.78, 5) is 5.38. The highest BCUT2D eigenvalue weighted by atomic mass is 15.2. The van der Waals surface area contributed by atoms with Gasteiger partial charge in [-0.15, -0.1) is 0 Å². The highest BCUT2D eigenvalue weighted by molar-refractivity contribution is 7.00. The third kappa shape index (κ3) is 7.74. The first-order chi connectivity index (χ1) is 37.9. The van der Waals surface area contributed by atoms with Gasteiger partial charge in [-0.2, -0.15) is 0 Å². The lowest BCUT2D eigenvalue weighted by atomic mass is 9.33. The zero-order valence-corrected chi connectivity index (χ0v) is 49.4. The number of fused-ring (bicyclic) bond motifs is 13. The molecule has 11 aromatic rings. The fourth-order valence-electron chi connectivity index (χ4n) is 13.8. The summed E-state index contributed by atoms with van der Waals surface area (Å²) in [5.41, 5.74) is 23.9. The summed E-state index contributed by atoms with van der Waals surface area (Å²) in [5, 5.41) is 10.1. The number of anilines is 6. The first-order valence-corrected chi connectivity index (χ1v) is 29.2. The topological polar surface area (TPSA) is 6.48 Å². The second kappa shape index (κ2) is 17.1. The Morgan fingerprint density at radius 3 is 1.20 bits per heavy atom. The molecule has 0 bridgehead atoms. The van der Waals surface area contributed by atoms with Gasteiger partial charge in [0.25, 0.3) is 6.71 Å². The van der Waals surface area contributed by atoms with E-state index in [0.29, 0.717) is 0 Å². The molecule has 0 atom stereocenters. The molecule has 0 fully saturated rings. The smallest absolute Gasteiger partial charge is 0.252 e. The summed E-state index contributed by atoms with van der Waals surface area (Å²) in [6, 6.07) is 74.0. The zero-order chi connectivity index (χ0) is 55.7. The highest BCUT2D eigenvalue weighted by Gasteiger charge is 2.45. The van der Waals surface area contributed by atoms with Gasteiger partial charge in [-0.1, -0.05) is 230 Å². The predicted molar refractivity (Wildman–Crippen MR) is 348 cm³/mol. The zero-order valence-electron chi connectivity index (χ0n) is 49.4. The van der Waals surface area contributed by atoms with Crippen molar-refractivity contribution in [2.24, 2.45) is 0 Å². The molecule has 80 heavy (non-hydrogen) atoms. The molecule has 1 aliphatic carbocycles. The average molecular weight is 1040 g/mol. The van der Waals surface area contributed by atoms with E-state index in [9.17, 15) is 0 Å². The molecule has 2 heterocycles. The maximum Gasteiger partial charge on any atom is 0.252 e. The minimum atomic E-state index is -0.105. The Balaban J connectivity index is 1.17. The van der Waals surface area contributed by atoms with E-state index in [2.05, 4.69) is 295 Å². The Morgan fingerprint density at radius 1 is 0.325 bits per heavy atom. The molecule has 0 aromatic heterocycles. The van der Waals surface area contributed by atoms with Crippen molar-refractivity contribution in [3.05, 3.63) is 221 Å². The third-order valence-electron chi connectivity index (χ3n) is 18.5. The molecule has 0 amide bonds. The normalized spacial score (nSPS) is 14.7. The van der Waals surface area contributed by atoms with Crippen LogP contribution in [0.5, 0.6) is 0 Å². The van der Waals surface area contributed by atoms with Gasteiger partial charge in [-0.25, -0.2) is 0 Å². The molecule has 0 saturated heterocycles. The predicted octanol–water partition coefficient (Wildman–Crippen LogP) is 19.5. The van der Waals surface area contributed by atoms with Crippen LogP contribution in [-0.4, -0.2) is 6.71 Å². The van der Waals surface area contributed by atoms with Gasteiger partial charge in [0.05, 0.1) is 0 Å². The van der Waals surface area contributed by atoms with Crippen LogP contribution in [0, 0.1) is 0 Å². The molecule has 0 spiro atoms. The number of benzene rings is 11. The summed E-state index contributed by atoms with van der Waals surface area (Å²) in [7, 11) is 0. The maximum atomic E-state index is 2.69. The number of rotatable bonds is 3. The Bertz CT molecular complexity index is 4150. The van der Waals surface area contributed by atoms with Gasteiger partial charge >= 0.3 is 0 Å². The fraction of sp³-hybridized carbons (Fsp3) is 0.247. The van der Waals surface area contributed by atoms with E-state index >= 15 is 0 Å². The summed E-state index contributed by atoms with van der Waals surface area (Å²) >= 11 is 0. The van der Waals surface area contributed by atoms with Crippen LogP contribution >= 0.6 is 0 Å². The summed E-state index contributed by atoms with van der Waals surface area (Å²) < 4.78 is 0. The SMILES string of the molecule is CC(C)(C)c1cc(N2c3cc4c(ccc5ccccc54)cc3B3c4cc5ccc6ccccc6c5cc4N(c4cc(C(C)(C)C)cc(C(C)(C)C)c4)c4cc(-c5ccc6c(c5)-c5ccccc5C6(C)C)cc2c43)cc(C(C)(C)C)c1. The molecule has 394 valence electrons. The number of nitrogens with zero attached hydrogens (tertiary/aromatic N) is 2. The minimum absolute atomic E-state index is 0.0910. The van der Waals surface area contributed by atoms with Gasteiger partial charge in [0.15, 0.2) is 0 Å². The number of hydrogen-bond donors (Lipinski definition) is 0. The van der Waals surface area contributed by atoms with Crippen molar-refractivity contribution >= 4 is 100 Å². The summed E-state index contributed by atoms with van der Waals surface area (Å²) in [6.45, 7) is 33.1. The van der Waals surface area contributed by atoms with E-state index in [1.807, 2.05) is 0 Å². The molecule has 2 nitrogen and oxygen atoms in total. The summed E-state index contributed by atoms with van der Waals surface area (Å²) in [6.07, 6.45) is 0. The molecule has 0 radical (unpaired) electrons. The Labute approximate surface area is 475 Å². The lowest BCUT2D eigenvalue weighted by Crippen LogP contribution is -2.61. The van der Waals surface area contributed by atoms with Crippen LogP contribution in [0.25, 0.3) is 65.3 Å². The maximum absolute atomic E-state index is 2.69.